The molecule has 6 nitrogen and oxygen atoms in total. The van der Waals surface area contributed by atoms with Gasteiger partial charge in [-0.15, -0.1) is 0 Å². The fraction of sp³-hybridized carbons (Fsp3) is 0.444. The Kier molecular flexibility index (Phi) is 5.27. The standard InChI is InChI=1S/C18H23N3O3/c1-24-17-11-14(6-7-16(17)22)18(23)19-12-13-4-2-5-15(10-13)21-9-3-8-20-21/h2-5,8-10,14,16-17,22H,6-7,11-12H2,1H3,(H,19,23). The molecule has 1 aliphatic carbocycles. The van der Waals surface area contributed by atoms with E-state index >= 15 is 0 Å². The maximum Gasteiger partial charge on any atom is 0.223 e. The second kappa shape index (κ2) is 7.59. The first-order valence-corrected chi connectivity index (χ1v) is 8.25. The van der Waals surface area contributed by atoms with Gasteiger partial charge in [0.1, 0.15) is 0 Å². The first-order chi connectivity index (χ1) is 11.7. The molecule has 3 rings (SSSR count). The molecule has 0 spiro atoms. The highest BCUT2D eigenvalue weighted by atomic mass is 16.5. The Labute approximate surface area is 141 Å². The highest BCUT2D eigenvalue weighted by Crippen LogP contribution is 2.26. The van der Waals surface area contributed by atoms with Crippen LogP contribution >= 0.6 is 0 Å². The van der Waals surface area contributed by atoms with Gasteiger partial charge in [-0.2, -0.15) is 5.10 Å². The first-order valence-electron chi connectivity index (χ1n) is 8.25. The van der Waals surface area contributed by atoms with Gasteiger partial charge in [0.15, 0.2) is 0 Å². The lowest BCUT2D eigenvalue weighted by Crippen LogP contribution is -2.41. The Hall–Kier alpha value is -2.18. The molecule has 1 aromatic heterocycles. The van der Waals surface area contributed by atoms with E-state index in [9.17, 15) is 9.90 Å². The highest BCUT2D eigenvalue weighted by Gasteiger charge is 2.32. The molecule has 0 aliphatic heterocycles. The van der Waals surface area contributed by atoms with E-state index in [4.69, 9.17) is 4.74 Å². The van der Waals surface area contributed by atoms with Gasteiger partial charge in [-0.1, -0.05) is 12.1 Å². The monoisotopic (exact) mass is 329 g/mol. The topological polar surface area (TPSA) is 76.4 Å². The molecule has 0 saturated heterocycles. The maximum atomic E-state index is 12.4. The fourth-order valence-electron chi connectivity index (χ4n) is 3.17. The van der Waals surface area contributed by atoms with E-state index in [1.165, 1.54) is 0 Å². The number of aromatic nitrogens is 2. The summed E-state index contributed by atoms with van der Waals surface area (Å²) in [5.41, 5.74) is 1.99. The minimum absolute atomic E-state index is 0.0217. The zero-order chi connectivity index (χ0) is 16.9. The van der Waals surface area contributed by atoms with Crippen molar-refractivity contribution in [2.45, 2.75) is 38.0 Å². The van der Waals surface area contributed by atoms with E-state index < -0.39 is 6.10 Å². The van der Waals surface area contributed by atoms with Crippen molar-refractivity contribution in [2.24, 2.45) is 5.92 Å². The molecule has 1 fully saturated rings. The van der Waals surface area contributed by atoms with E-state index in [1.54, 1.807) is 18.0 Å². The van der Waals surface area contributed by atoms with E-state index in [0.717, 1.165) is 11.3 Å². The van der Waals surface area contributed by atoms with Gasteiger partial charge in [0.2, 0.25) is 5.91 Å². The molecule has 0 radical (unpaired) electrons. The van der Waals surface area contributed by atoms with Crippen LogP contribution in [0, 0.1) is 5.92 Å². The van der Waals surface area contributed by atoms with Crippen molar-refractivity contribution in [2.75, 3.05) is 7.11 Å². The van der Waals surface area contributed by atoms with Crippen molar-refractivity contribution in [1.82, 2.24) is 15.1 Å². The molecule has 3 atom stereocenters. The zero-order valence-corrected chi connectivity index (χ0v) is 13.8. The number of nitrogens with zero attached hydrogens (tertiary/aromatic N) is 2. The molecule has 0 bridgehead atoms. The van der Waals surface area contributed by atoms with Gasteiger partial charge >= 0.3 is 0 Å². The molecule has 6 heteroatoms. The maximum absolute atomic E-state index is 12.4. The number of benzene rings is 1. The lowest BCUT2D eigenvalue weighted by molar-refractivity contribution is -0.130. The van der Waals surface area contributed by atoms with Crippen LogP contribution in [0.15, 0.2) is 42.7 Å². The van der Waals surface area contributed by atoms with Gasteiger partial charge in [0.05, 0.1) is 17.9 Å². The second-order valence-corrected chi connectivity index (χ2v) is 6.19. The number of ether oxygens (including phenoxy) is 1. The molecular weight excluding hydrogens is 306 g/mol. The number of aliphatic hydroxyl groups is 1. The normalized spacial score (nSPS) is 23.8. The molecule has 1 aliphatic rings. The molecule has 1 aromatic carbocycles. The van der Waals surface area contributed by atoms with E-state index in [2.05, 4.69) is 10.4 Å². The van der Waals surface area contributed by atoms with E-state index in [0.29, 0.717) is 25.8 Å². The highest BCUT2D eigenvalue weighted by molar-refractivity contribution is 5.78. The lowest BCUT2D eigenvalue weighted by Gasteiger charge is -2.31. The Balaban J connectivity index is 1.58. The Morgan fingerprint density at radius 1 is 1.42 bits per heavy atom. The third-order valence-corrected chi connectivity index (χ3v) is 4.58. The summed E-state index contributed by atoms with van der Waals surface area (Å²) in [6.07, 6.45) is 4.76. The van der Waals surface area contributed by atoms with Crippen molar-refractivity contribution in [3.05, 3.63) is 48.3 Å². The van der Waals surface area contributed by atoms with Crippen LogP contribution in [-0.2, 0) is 16.1 Å². The summed E-state index contributed by atoms with van der Waals surface area (Å²) >= 11 is 0. The number of hydrogen-bond acceptors (Lipinski definition) is 4. The molecule has 1 amide bonds. The van der Waals surface area contributed by atoms with Crippen molar-refractivity contribution in [3.63, 3.8) is 0 Å². The van der Waals surface area contributed by atoms with Gasteiger partial charge in [0.25, 0.3) is 0 Å². The van der Waals surface area contributed by atoms with Crippen molar-refractivity contribution < 1.29 is 14.6 Å². The first kappa shape index (κ1) is 16.7. The molecule has 24 heavy (non-hydrogen) atoms. The number of rotatable bonds is 5. The number of methoxy groups -OCH3 is 1. The van der Waals surface area contributed by atoms with Crippen LogP contribution in [0.2, 0.25) is 0 Å². The smallest absolute Gasteiger partial charge is 0.223 e. The van der Waals surface area contributed by atoms with Crippen LogP contribution in [0.25, 0.3) is 5.69 Å². The average Bonchev–Trinajstić information content (AvgIpc) is 3.15. The zero-order valence-electron chi connectivity index (χ0n) is 13.8. The average molecular weight is 329 g/mol. The number of amides is 1. The summed E-state index contributed by atoms with van der Waals surface area (Å²) in [7, 11) is 1.58. The minimum Gasteiger partial charge on any atom is -0.390 e. The molecule has 128 valence electrons. The number of aliphatic hydroxyl groups excluding tert-OH is 1. The Morgan fingerprint density at radius 3 is 3.04 bits per heavy atom. The predicted molar refractivity (Wildman–Crippen MR) is 89.6 cm³/mol. The summed E-state index contributed by atoms with van der Waals surface area (Å²) in [6, 6.07) is 9.80. The summed E-state index contributed by atoms with van der Waals surface area (Å²) in [5.74, 6) is -0.0823. The summed E-state index contributed by atoms with van der Waals surface area (Å²) in [6.45, 7) is 0.477. The number of hydrogen-bond donors (Lipinski definition) is 2. The van der Waals surface area contributed by atoms with Gasteiger partial charge in [-0.05, 0) is 43.0 Å². The number of carbonyl (C=O) groups is 1. The van der Waals surface area contributed by atoms with Gasteiger partial charge in [-0.25, -0.2) is 4.68 Å². The predicted octanol–water partition coefficient (Wildman–Crippen LogP) is 1.66. The molecule has 3 unspecified atom stereocenters. The lowest BCUT2D eigenvalue weighted by atomic mass is 9.84. The Bertz CT molecular complexity index is 672. The third-order valence-electron chi connectivity index (χ3n) is 4.58. The molecular formula is C18H23N3O3. The minimum atomic E-state index is -0.468. The van der Waals surface area contributed by atoms with Gasteiger partial charge in [-0.3, -0.25) is 4.79 Å². The summed E-state index contributed by atoms with van der Waals surface area (Å²) in [5, 5.41) is 17.0. The van der Waals surface area contributed by atoms with Crippen LogP contribution in [0.3, 0.4) is 0 Å². The number of carbonyl (C=O) groups excluding carboxylic acids is 1. The van der Waals surface area contributed by atoms with Crippen LogP contribution in [0.4, 0.5) is 0 Å². The Morgan fingerprint density at radius 2 is 2.29 bits per heavy atom. The molecule has 2 N–H and O–H groups in total. The molecule has 1 heterocycles. The summed E-state index contributed by atoms with van der Waals surface area (Å²) in [4.78, 5) is 12.4. The van der Waals surface area contributed by atoms with Gasteiger partial charge < -0.3 is 15.2 Å². The number of nitrogens with one attached hydrogen (secondary N) is 1. The molecule has 2 aromatic rings. The largest absolute Gasteiger partial charge is 0.390 e. The van der Waals surface area contributed by atoms with Gasteiger partial charge in [0, 0.05) is 32.0 Å². The van der Waals surface area contributed by atoms with E-state index in [1.807, 2.05) is 36.5 Å². The summed E-state index contributed by atoms with van der Waals surface area (Å²) < 4.78 is 7.05. The van der Waals surface area contributed by atoms with Crippen LogP contribution < -0.4 is 5.32 Å². The van der Waals surface area contributed by atoms with Crippen LogP contribution in [-0.4, -0.2) is 40.1 Å². The van der Waals surface area contributed by atoms with Crippen molar-refractivity contribution in [1.29, 1.82) is 0 Å². The van der Waals surface area contributed by atoms with Crippen LogP contribution in [0.5, 0.6) is 0 Å². The van der Waals surface area contributed by atoms with Crippen molar-refractivity contribution in [3.8, 4) is 5.69 Å². The fourth-order valence-corrected chi connectivity index (χ4v) is 3.17. The second-order valence-electron chi connectivity index (χ2n) is 6.19. The third kappa shape index (κ3) is 3.83. The SMILES string of the molecule is COC1CC(C(=O)NCc2cccc(-n3cccn3)c2)CCC1O. The van der Waals surface area contributed by atoms with Crippen molar-refractivity contribution >= 4 is 5.91 Å². The molecule has 1 saturated carbocycles. The quantitative estimate of drug-likeness (QED) is 0.875. The van der Waals surface area contributed by atoms with E-state index in [-0.39, 0.29) is 17.9 Å². The van der Waals surface area contributed by atoms with Crippen LogP contribution in [0.1, 0.15) is 24.8 Å².